The maximum atomic E-state index is 14.7. The molecule has 0 bridgehead atoms. The summed E-state index contributed by atoms with van der Waals surface area (Å²) in [5.41, 5.74) is 1.14. The van der Waals surface area contributed by atoms with Crippen molar-refractivity contribution in [3.8, 4) is 11.4 Å². The van der Waals surface area contributed by atoms with Gasteiger partial charge < -0.3 is 5.11 Å². The van der Waals surface area contributed by atoms with E-state index in [4.69, 9.17) is 16.7 Å². The van der Waals surface area contributed by atoms with Crippen LogP contribution in [0.4, 0.5) is 4.39 Å². The summed E-state index contributed by atoms with van der Waals surface area (Å²) in [6.45, 7) is 0. The number of hydrogen-bond donors (Lipinski definition) is 1. The summed E-state index contributed by atoms with van der Waals surface area (Å²) < 4.78 is 17.2. The third-order valence-corrected chi connectivity index (χ3v) is 6.85. The minimum atomic E-state index is -1.03. The van der Waals surface area contributed by atoms with Gasteiger partial charge in [0.15, 0.2) is 11.0 Å². The Morgan fingerprint density at radius 1 is 0.737 bits per heavy atom. The monoisotopic (exact) mass is 522 g/mol. The molecule has 186 valence electrons. The molecule has 0 saturated heterocycles. The summed E-state index contributed by atoms with van der Waals surface area (Å²) in [5.74, 6) is -1.22. The molecule has 0 aliphatic rings. The number of rotatable bonds is 5. The molecule has 6 aromatic rings. The first-order valence-electron chi connectivity index (χ1n) is 11.9. The van der Waals surface area contributed by atoms with Crippen molar-refractivity contribution in [3.05, 3.63) is 153 Å². The number of hydrogen-bond acceptors (Lipinski definition) is 4. The van der Waals surface area contributed by atoms with Crippen molar-refractivity contribution in [1.29, 1.82) is 0 Å². The lowest BCUT2D eigenvalue weighted by molar-refractivity contribution is 0.460. The van der Waals surface area contributed by atoms with Crippen molar-refractivity contribution in [3.63, 3.8) is 0 Å². The Morgan fingerprint density at radius 3 is 1.76 bits per heavy atom. The van der Waals surface area contributed by atoms with Crippen molar-refractivity contribution >= 4 is 22.6 Å². The number of para-hydroxylation sites is 1. The van der Waals surface area contributed by atoms with Gasteiger partial charge in [0.2, 0.25) is 0 Å². The van der Waals surface area contributed by atoms with E-state index in [1.165, 1.54) is 18.2 Å². The smallest absolute Gasteiger partial charge is 0.273 e. The molecule has 1 N–H and O–H groups in total. The standard InChI is InChI=1S/C30H20ClFN4O2/c31-29-27-24(19-26(38)35(33-27)28-23(32)17-10-18-25(28)37)36(34-29)30(20-11-4-1-5-12-20,21-13-6-2-7-14-21)22-15-8-3-9-16-22/h1-19,37H. The van der Waals surface area contributed by atoms with Crippen molar-refractivity contribution in [1.82, 2.24) is 19.6 Å². The van der Waals surface area contributed by atoms with Crippen LogP contribution in [-0.4, -0.2) is 24.7 Å². The molecule has 0 aliphatic heterocycles. The Kier molecular flexibility index (Phi) is 5.77. The molecule has 0 atom stereocenters. The van der Waals surface area contributed by atoms with Crippen molar-refractivity contribution < 1.29 is 9.50 Å². The third kappa shape index (κ3) is 3.59. The van der Waals surface area contributed by atoms with Crippen molar-refractivity contribution in [2.45, 2.75) is 5.54 Å². The predicted molar refractivity (Wildman–Crippen MR) is 144 cm³/mol. The lowest BCUT2D eigenvalue weighted by Gasteiger charge is -2.36. The van der Waals surface area contributed by atoms with Gasteiger partial charge in [0.25, 0.3) is 5.56 Å². The fourth-order valence-corrected chi connectivity index (χ4v) is 5.19. The Hall–Kier alpha value is -4.75. The average Bonchev–Trinajstić information content (AvgIpc) is 3.26. The normalized spacial score (nSPS) is 11.6. The molecule has 38 heavy (non-hydrogen) atoms. The molecule has 4 aromatic carbocycles. The first-order chi connectivity index (χ1) is 18.5. The van der Waals surface area contributed by atoms with Crippen LogP contribution in [0.2, 0.25) is 5.15 Å². The predicted octanol–water partition coefficient (Wildman–Crippen LogP) is 5.92. The summed E-state index contributed by atoms with van der Waals surface area (Å²) in [7, 11) is 0. The molecule has 6 nitrogen and oxygen atoms in total. The highest BCUT2D eigenvalue weighted by Crippen LogP contribution is 2.42. The topological polar surface area (TPSA) is 72.9 Å². The van der Waals surface area contributed by atoms with E-state index >= 15 is 0 Å². The van der Waals surface area contributed by atoms with Crippen LogP contribution in [0, 0.1) is 5.82 Å². The number of aromatic hydroxyl groups is 1. The van der Waals surface area contributed by atoms with Gasteiger partial charge in [-0.2, -0.15) is 14.9 Å². The van der Waals surface area contributed by atoms with Crippen LogP contribution in [0.1, 0.15) is 16.7 Å². The van der Waals surface area contributed by atoms with E-state index in [2.05, 4.69) is 5.10 Å². The first kappa shape index (κ1) is 23.6. The minimum absolute atomic E-state index is 0.0248. The van der Waals surface area contributed by atoms with Gasteiger partial charge in [0, 0.05) is 6.07 Å². The van der Waals surface area contributed by atoms with E-state index in [-0.39, 0.29) is 16.4 Å². The summed E-state index contributed by atoms with van der Waals surface area (Å²) in [5, 5.41) is 19.4. The van der Waals surface area contributed by atoms with Gasteiger partial charge in [-0.15, -0.1) is 0 Å². The fraction of sp³-hybridized carbons (Fsp3) is 0.0333. The molecule has 8 heteroatoms. The Labute approximate surface area is 221 Å². The largest absolute Gasteiger partial charge is 0.506 e. The molecule has 0 radical (unpaired) electrons. The van der Waals surface area contributed by atoms with E-state index in [0.717, 1.165) is 27.4 Å². The molecule has 0 unspecified atom stereocenters. The molecular weight excluding hydrogens is 503 g/mol. The highest BCUT2D eigenvalue weighted by Gasteiger charge is 2.41. The molecule has 0 aliphatic carbocycles. The van der Waals surface area contributed by atoms with Crippen LogP contribution in [0.3, 0.4) is 0 Å². The fourth-order valence-electron chi connectivity index (χ4n) is 4.98. The van der Waals surface area contributed by atoms with Crippen molar-refractivity contribution in [2.75, 3.05) is 0 Å². The molecule has 0 saturated carbocycles. The lowest BCUT2D eigenvalue weighted by atomic mass is 9.77. The van der Waals surface area contributed by atoms with Gasteiger partial charge in [-0.3, -0.25) is 4.79 Å². The number of fused-ring (bicyclic) bond motifs is 1. The lowest BCUT2D eigenvalue weighted by Crippen LogP contribution is -2.39. The maximum Gasteiger partial charge on any atom is 0.273 e. The average molecular weight is 523 g/mol. The number of nitrogens with zero attached hydrogens (tertiary/aromatic N) is 4. The summed E-state index contributed by atoms with van der Waals surface area (Å²) in [4.78, 5) is 13.4. The maximum absolute atomic E-state index is 14.7. The number of phenols is 1. The molecule has 0 fully saturated rings. The van der Waals surface area contributed by atoms with E-state index in [1.807, 2.05) is 91.0 Å². The van der Waals surface area contributed by atoms with Gasteiger partial charge in [-0.1, -0.05) is 109 Å². The minimum Gasteiger partial charge on any atom is -0.506 e. The molecular formula is C30H20ClFN4O2. The van der Waals surface area contributed by atoms with E-state index in [9.17, 15) is 14.3 Å². The van der Waals surface area contributed by atoms with E-state index in [1.54, 1.807) is 4.68 Å². The van der Waals surface area contributed by atoms with Gasteiger partial charge >= 0.3 is 0 Å². The van der Waals surface area contributed by atoms with Gasteiger partial charge in [0.1, 0.15) is 22.5 Å². The van der Waals surface area contributed by atoms with Crippen LogP contribution in [0.15, 0.2) is 120 Å². The SMILES string of the molecule is O=c1cc2c(nn1-c1c(O)cccc1F)c(Cl)nn2C(c1ccccc1)(c1ccccc1)c1ccccc1. The third-order valence-electron chi connectivity index (χ3n) is 6.59. The van der Waals surface area contributed by atoms with E-state index in [0.29, 0.717) is 5.52 Å². The summed E-state index contributed by atoms with van der Waals surface area (Å²) in [6.07, 6.45) is 0. The van der Waals surface area contributed by atoms with Crippen LogP contribution < -0.4 is 5.56 Å². The molecule has 2 heterocycles. The highest BCUT2D eigenvalue weighted by molar-refractivity contribution is 6.33. The number of halogens is 2. The second-order valence-electron chi connectivity index (χ2n) is 8.75. The quantitative estimate of drug-likeness (QED) is 0.285. The van der Waals surface area contributed by atoms with Crippen LogP contribution >= 0.6 is 11.6 Å². The van der Waals surface area contributed by atoms with Crippen molar-refractivity contribution in [2.24, 2.45) is 0 Å². The molecule has 0 amide bonds. The van der Waals surface area contributed by atoms with Gasteiger partial charge in [-0.05, 0) is 28.8 Å². The Bertz CT molecular complexity index is 1700. The molecule has 0 spiro atoms. The second kappa shape index (κ2) is 9.28. The number of phenolic OH excluding ortho intramolecular Hbond substituents is 1. The van der Waals surface area contributed by atoms with Crippen LogP contribution in [-0.2, 0) is 5.54 Å². The van der Waals surface area contributed by atoms with Gasteiger partial charge in [-0.25, -0.2) is 9.07 Å². The summed E-state index contributed by atoms with van der Waals surface area (Å²) in [6, 6.07) is 34.5. The number of benzene rings is 4. The summed E-state index contributed by atoms with van der Waals surface area (Å²) >= 11 is 6.67. The zero-order valence-electron chi connectivity index (χ0n) is 19.9. The molecule has 6 rings (SSSR count). The Morgan fingerprint density at radius 2 is 1.26 bits per heavy atom. The van der Waals surface area contributed by atoms with Crippen LogP contribution in [0.25, 0.3) is 16.7 Å². The van der Waals surface area contributed by atoms with E-state index < -0.39 is 22.7 Å². The van der Waals surface area contributed by atoms with Crippen LogP contribution in [0.5, 0.6) is 5.75 Å². The molecule has 2 aromatic heterocycles. The first-order valence-corrected chi connectivity index (χ1v) is 12.2. The number of aromatic nitrogens is 4. The second-order valence-corrected chi connectivity index (χ2v) is 9.10. The zero-order chi connectivity index (χ0) is 26.3. The zero-order valence-corrected chi connectivity index (χ0v) is 20.6. The highest BCUT2D eigenvalue weighted by atomic mass is 35.5. The van der Waals surface area contributed by atoms with Gasteiger partial charge in [0.05, 0.1) is 5.52 Å². The Balaban J connectivity index is 1.74.